The van der Waals surface area contributed by atoms with Crippen LogP contribution in [0.15, 0.2) is 65.8 Å². The number of halogens is 2. The predicted octanol–water partition coefficient (Wildman–Crippen LogP) is 4.01. The highest BCUT2D eigenvalue weighted by molar-refractivity contribution is 7.93. The molecule has 0 fully saturated rings. The second-order valence-corrected chi connectivity index (χ2v) is 11.5. The number of nitrogens with two attached hydrogens (primary N) is 1. The Morgan fingerprint density at radius 2 is 1.71 bits per heavy atom. The van der Waals surface area contributed by atoms with Gasteiger partial charge in [-0.15, -0.1) is 0 Å². The van der Waals surface area contributed by atoms with Crippen LogP contribution in [0.25, 0.3) is 0 Å². The molecule has 0 amide bonds. The van der Waals surface area contributed by atoms with Crippen LogP contribution in [-0.4, -0.2) is 30.8 Å². The first-order valence-electron chi connectivity index (χ1n) is 11.0. The molecule has 2 N–H and O–H groups in total. The van der Waals surface area contributed by atoms with E-state index in [1.807, 2.05) is 6.92 Å². The third-order valence-corrected chi connectivity index (χ3v) is 9.12. The van der Waals surface area contributed by atoms with Crippen LogP contribution in [0.2, 0.25) is 0 Å². The molecule has 182 valence electrons. The Morgan fingerprint density at radius 3 is 2.34 bits per heavy atom. The van der Waals surface area contributed by atoms with Gasteiger partial charge in [-0.05, 0) is 56.2 Å². The van der Waals surface area contributed by atoms with Crippen LogP contribution in [0.5, 0.6) is 0 Å². The van der Waals surface area contributed by atoms with Crippen LogP contribution < -0.4 is 5.73 Å². The summed E-state index contributed by atoms with van der Waals surface area (Å²) in [5.41, 5.74) is 6.14. The van der Waals surface area contributed by atoms with Gasteiger partial charge in [0.25, 0.3) is 0 Å². The molecule has 0 radical (unpaired) electrons. The van der Waals surface area contributed by atoms with Crippen molar-refractivity contribution in [3.63, 3.8) is 0 Å². The predicted molar refractivity (Wildman–Crippen MR) is 130 cm³/mol. The van der Waals surface area contributed by atoms with Gasteiger partial charge in [-0.2, -0.15) is 0 Å². The maximum absolute atomic E-state index is 15.0. The molecule has 2 atom stereocenters. The number of pyridine rings is 1. The summed E-state index contributed by atoms with van der Waals surface area (Å²) in [6.07, 6.45) is 1.53. The summed E-state index contributed by atoms with van der Waals surface area (Å²) in [6.45, 7) is 4.62. The fraction of sp³-hybridized carbons (Fsp3) is 0.269. The summed E-state index contributed by atoms with van der Waals surface area (Å²) in [5.74, 6) is -2.60. The molecule has 6 nitrogen and oxygen atoms in total. The summed E-state index contributed by atoms with van der Waals surface area (Å²) in [4.78, 5) is 21.2. The number of aryl methyl sites for hydroxylation is 1. The van der Waals surface area contributed by atoms with Crippen LogP contribution >= 0.6 is 0 Å². The SMILES string of the molecule is Cc1ccc(C(=O)Cc2ccc(F)c([C@]3(C)CS(=O)(=O)[C@@](C)(c4ccccc4F)C(N)=N3)c2)nc1. The van der Waals surface area contributed by atoms with Crippen LogP contribution in [0.3, 0.4) is 0 Å². The number of nitrogens with zero attached hydrogens (tertiary/aromatic N) is 2. The number of amidine groups is 1. The number of ketones is 1. The van der Waals surface area contributed by atoms with Crippen LogP contribution in [0.1, 0.15) is 46.6 Å². The molecule has 0 aliphatic carbocycles. The van der Waals surface area contributed by atoms with Crippen LogP contribution in [0, 0.1) is 18.6 Å². The topological polar surface area (TPSA) is 102 Å². The van der Waals surface area contributed by atoms with E-state index in [1.165, 1.54) is 50.2 Å². The monoisotopic (exact) mass is 497 g/mol. The lowest BCUT2D eigenvalue weighted by Crippen LogP contribution is -2.55. The lowest BCUT2D eigenvalue weighted by Gasteiger charge is -2.40. The Morgan fingerprint density at radius 1 is 1.03 bits per heavy atom. The van der Waals surface area contributed by atoms with Gasteiger partial charge in [0.05, 0.1) is 5.75 Å². The second kappa shape index (κ2) is 8.64. The Kier molecular flexibility index (Phi) is 6.09. The second-order valence-electron chi connectivity index (χ2n) is 9.18. The van der Waals surface area contributed by atoms with Gasteiger partial charge >= 0.3 is 0 Å². The molecule has 0 saturated heterocycles. The van der Waals surface area contributed by atoms with E-state index in [0.717, 1.165) is 11.6 Å². The zero-order valence-electron chi connectivity index (χ0n) is 19.5. The summed E-state index contributed by atoms with van der Waals surface area (Å²) in [5, 5.41) is 0. The molecule has 4 rings (SSSR count). The van der Waals surface area contributed by atoms with Crippen molar-refractivity contribution in [3.8, 4) is 0 Å². The number of Topliss-reactive ketones (excluding diaryl/α,β-unsaturated/α-hetero) is 1. The number of aliphatic imine (C=N–C) groups is 1. The summed E-state index contributed by atoms with van der Waals surface area (Å²) < 4.78 is 54.7. The fourth-order valence-electron chi connectivity index (χ4n) is 4.37. The van der Waals surface area contributed by atoms with Gasteiger partial charge in [0.2, 0.25) is 0 Å². The first kappa shape index (κ1) is 24.7. The van der Waals surface area contributed by atoms with E-state index < -0.39 is 37.5 Å². The summed E-state index contributed by atoms with van der Waals surface area (Å²) >= 11 is 0. The molecule has 2 aromatic carbocycles. The molecule has 3 aromatic rings. The minimum Gasteiger partial charge on any atom is -0.386 e. The number of sulfone groups is 1. The zero-order valence-corrected chi connectivity index (χ0v) is 20.4. The van der Waals surface area contributed by atoms with Crippen molar-refractivity contribution in [1.82, 2.24) is 4.98 Å². The van der Waals surface area contributed by atoms with E-state index in [9.17, 15) is 17.6 Å². The number of aromatic nitrogens is 1. The molecule has 0 unspecified atom stereocenters. The molecule has 1 aliphatic heterocycles. The minimum absolute atomic E-state index is 0.0122. The number of rotatable bonds is 5. The molecular formula is C26H25F2N3O3S. The third kappa shape index (κ3) is 4.25. The molecule has 0 spiro atoms. The quantitative estimate of drug-likeness (QED) is 0.537. The smallest absolute Gasteiger partial charge is 0.185 e. The Labute approximate surface area is 202 Å². The third-order valence-electron chi connectivity index (χ3n) is 6.51. The maximum Gasteiger partial charge on any atom is 0.185 e. The highest BCUT2D eigenvalue weighted by Crippen LogP contribution is 2.43. The van der Waals surface area contributed by atoms with Crippen molar-refractivity contribution in [2.75, 3.05) is 5.75 Å². The van der Waals surface area contributed by atoms with Gasteiger partial charge in [-0.3, -0.25) is 14.8 Å². The van der Waals surface area contributed by atoms with E-state index in [1.54, 1.807) is 18.3 Å². The Balaban J connectivity index is 1.75. The first-order valence-corrected chi connectivity index (χ1v) is 12.6. The Hall–Kier alpha value is -3.46. The molecule has 1 aromatic heterocycles. The molecule has 2 heterocycles. The molecule has 1 aliphatic rings. The number of hydrogen-bond donors (Lipinski definition) is 1. The number of carbonyl (C=O) groups is 1. The number of hydrogen-bond acceptors (Lipinski definition) is 6. The molecule has 9 heteroatoms. The summed E-state index contributed by atoms with van der Waals surface area (Å²) in [7, 11) is -4.14. The zero-order chi connectivity index (χ0) is 25.6. The average Bonchev–Trinajstić information content (AvgIpc) is 2.79. The largest absolute Gasteiger partial charge is 0.386 e. The average molecular weight is 498 g/mol. The van der Waals surface area contributed by atoms with Gasteiger partial charge < -0.3 is 5.73 Å². The first-order chi connectivity index (χ1) is 16.4. The van der Waals surface area contributed by atoms with Crippen LogP contribution in [-0.2, 0) is 26.5 Å². The normalized spacial score (nSPS) is 23.5. The van der Waals surface area contributed by atoms with E-state index in [-0.39, 0.29) is 34.9 Å². The molecular weight excluding hydrogens is 472 g/mol. The highest BCUT2D eigenvalue weighted by Gasteiger charge is 2.54. The van der Waals surface area contributed by atoms with Crippen molar-refractivity contribution < 1.29 is 22.0 Å². The highest BCUT2D eigenvalue weighted by atomic mass is 32.2. The van der Waals surface area contributed by atoms with Gasteiger partial charge in [-0.1, -0.05) is 30.3 Å². The van der Waals surface area contributed by atoms with Gasteiger partial charge in [0.15, 0.2) is 20.4 Å². The maximum atomic E-state index is 15.0. The van der Waals surface area contributed by atoms with Crippen molar-refractivity contribution in [2.24, 2.45) is 10.7 Å². The van der Waals surface area contributed by atoms with E-state index in [2.05, 4.69) is 9.98 Å². The van der Waals surface area contributed by atoms with E-state index in [4.69, 9.17) is 5.73 Å². The van der Waals surface area contributed by atoms with Crippen molar-refractivity contribution in [3.05, 3.63) is 100 Å². The summed E-state index contributed by atoms with van der Waals surface area (Å²) in [6, 6.07) is 12.9. The van der Waals surface area contributed by atoms with Crippen molar-refractivity contribution >= 4 is 21.5 Å². The van der Waals surface area contributed by atoms with Crippen molar-refractivity contribution in [1.29, 1.82) is 0 Å². The van der Waals surface area contributed by atoms with Gasteiger partial charge in [0.1, 0.15) is 28.7 Å². The number of carbonyl (C=O) groups excluding carboxylic acids is 1. The van der Waals surface area contributed by atoms with E-state index in [0.29, 0.717) is 5.56 Å². The van der Waals surface area contributed by atoms with E-state index >= 15 is 4.39 Å². The number of benzene rings is 2. The lowest BCUT2D eigenvalue weighted by molar-refractivity contribution is 0.0988. The lowest BCUT2D eigenvalue weighted by atomic mass is 9.90. The fourth-order valence-corrected chi connectivity index (χ4v) is 6.49. The molecule has 35 heavy (non-hydrogen) atoms. The Bertz CT molecular complexity index is 1450. The minimum atomic E-state index is -4.14. The van der Waals surface area contributed by atoms with Gasteiger partial charge in [-0.25, -0.2) is 17.2 Å². The molecule has 0 saturated carbocycles. The van der Waals surface area contributed by atoms with Crippen molar-refractivity contribution in [2.45, 2.75) is 37.5 Å². The molecule has 0 bridgehead atoms. The standard InChI is InChI=1S/C26H25F2N3O3S/c1-16-8-11-22(30-14-16)23(32)13-17-9-10-21(28)19(12-17)25(2)15-35(33,34)26(3,24(29)31-25)18-6-4-5-7-20(18)27/h4-12,14H,13,15H2,1-3H3,(H2,29,31)/t25-,26-/m0/s1. The van der Waals surface area contributed by atoms with Crippen LogP contribution in [0.4, 0.5) is 8.78 Å². The van der Waals surface area contributed by atoms with Gasteiger partial charge in [0, 0.05) is 23.7 Å².